The van der Waals surface area contributed by atoms with Crippen molar-refractivity contribution in [1.82, 2.24) is 4.98 Å². The van der Waals surface area contributed by atoms with Gasteiger partial charge in [0, 0.05) is 5.39 Å². The summed E-state index contributed by atoms with van der Waals surface area (Å²) < 4.78 is 12.8. The number of aromatic nitrogens is 1. The second-order valence-electron chi connectivity index (χ2n) is 6.49. The number of thioether (sulfide) groups is 1. The van der Waals surface area contributed by atoms with Crippen LogP contribution in [0.25, 0.3) is 10.9 Å². The van der Waals surface area contributed by atoms with Crippen LogP contribution in [0.1, 0.15) is 27.2 Å². The molecule has 1 aromatic heterocycles. The lowest BCUT2D eigenvalue weighted by molar-refractivity contribution is -0.140. The number of fused-ring (bicyclic) bond motifs is 1. The zero-order valence-corrected chi connectivity index (χ0v) is 15.7. The maximum atomic E-state index is 12.8. The average molecular weight is 367 g/mol. The molecule has 0 aliphatic carbocycles. The fraction of sp³-hybridized carbons (Fsp3) is 0.412. The summed E-state index contributed by atoms with van der Waals surface area (Å²) in [4.78, 5) is 26.5. The lowest BCUT2D eigenvalue weighted by atomic mass is 9.98. The number of nitrogens with zero attached hydrogens (tertiary/aromatic N) is 1. The van der Waals surface area contributed by atoms with Gasteiger partial charge in [-0.25, -0.2) is 4.98 Å². The highest BCUT2D eigenvalue weighted by Gasteiger charge is 2.50. The van der Waals surface area contributed by atoms with Gasteiger partial charge in [0.1, 0.15) is 5.16 Å². The van der Waals surface area contributed by atoms with E-state index in [-0.39, 0.29) is 17.8 Å². The van der Waals surface area contributed by atoms with Gasteiger partial charge in [0.05, 0.1) is 16.0 Å². The average Bonchev–Trinajstić information content (AvgIpc) is 2.51. The summed E-state index contributed by atoms with van der Waals surface area (Å²) in [7, 11) is -3.93. The van der Waals surface area contributed by atoms with Gasteiger partial charge in [-0.3, -0.25) is 9.36 Å². The molecular weight excluding hydrogens is 345 g/mol. The Bertz CT molecular complexity index is 795. The highest BCUT2D eigenvalue weighted by atomic mass is 32.2. The Kier molecular flexibility index (Phi) is 5.74. The van der Waals surface area contributed by atoms with Gasteiger partial charge in [-0.1, -0.05) is 49.9 Å². The first-order valence-corrected chi connectivity index (χ1v) is 10.5. The quantitative estimate of drug-likeness (QED) is 0.555. The molecule has 0 spiro atoms. The van der Waals surface area contributed by atoms with Crippen LogP contribution in [-0.4, -0.2) is 31.6 Å². The zero-order chi connectivity index (χ0) is 18.0. The Morgan fingerprint density at radius 3 is 2.58 bits per heavy atom. The third-order valence-electron chi connectivity index (χ3n) is 4.00. The van der Waals surface area contributed by atoms with E-state index in [0.717, 1.165) is 22.7 Å². The second kappa shape index (κ2) is 7.26. The van der Waals surface area contributed by atoms with Gasteiger partial charge in [-0.2, -0.15) is 0 Å². The summed E-state index contributed by atoms with van der Waals surface area (Å²) in [6.45, 7) is 5.06. The van der Waals surface area contributed by atoms with Crippen molar-refractivity contribution in [3.05, 3.63) is 36.4 Å². The Morgan fingerprint density at radius 2 is 1.96 bits per heavy atom. The number of carbonyl (C=O) groups is 1. The van der Waals surface area contributed by atoms with Crippen molar-refractivity contribution in [2.45, 2.75) is 37.4 Å². The fourth-order valence-corrected chi connectivity index (χ4v) is 6.24. The van der Waals surface area contributed by atoms with Crippen LogP contribution < -0.4 is 0 Å². The van der Waals surface area contributed by atoms with Crippen molar-refractivity contribution >= 4 is 36.0 Å². The number of carboxylic acids is 1. The molecule has 2 rings (SSSR count). The Hall–Kier alpha value is -1.36. The predicted octanol–water partition coefficient (Wildman–Crippen LogP) is 4.44. The largest absolute Gasteiger partial charge is 0.480 e. The summed E-state index contributed by atoms with van der Waals surface area (Å²) >= 11 is 1.13. The monoisotopic (exact) mass is 367 g/mol. The van der Waals surface area contributed by atoms with Gasteiger partial charge < -0.3 is 10.00 Å². The molecule has 0 radical (unpaired) electrons. The normalized spacial score (nSPS) is 16.7. The molecule has 130 valence electrons. The number of hydrogen-bond acceptors (Lipinski definition) is 4. The van der Waals surface area contributed by atoms with Gasteiger partial charge >= 0.3 is 5.97 Å². The molecule has 0 saturated heterocycles. The highest BCUT2D eigenvalue weighted by molar-refractivity contribution is 8.05. The maximum Gasteiger partial charge on any atom is 0.319 e. The first kappa shape index (κ1) is 19.0. The van der Waals surface area contributed by atoms with E-state index in [1.165, 1.54) is 6.92 Å². The van der Waals surface area contributed by atoms with Crippen LogP contribution in [0.15, 0.2) is 41.4 Å². The molecule has 2 N–H and O–H groups in total. The van der Waals surface area contributed by atoms with E-state index in [0.29, 0.717) is 5.03 Å². The summed E-state index contributed by atoms with van der Waals surface area (Å²) in [5.41, 5.74) is 0.631. The molecule has 0 aliphatic rings. The van der Waals surface area contributed by atoms with Crippen molar-refractivity contribution in [1.29, 1.82) is 0 Å². The van der Waals surface area contributed by atoms with Gasteiger partial charge in [-0.05, 0) is 31.4 Å². The minimum atomic E-state index is -3.93. The summed E-state index contributed by atoms with van der Waals surface area (Å²) in [6.07, 6.45) is 0.155. The van der Waals surface area contributed by atoms with Gasteiger partial charge in [0.25, 0.3) is 0 Å². The van der Waals surface area contributed by atoms with Crippen molar-refractivity contribution in [2.24, 2.45) is 5.92 Å². The van der Waals surface area contributed by atoms with Gasteiger partial charge in [0.15, 0.2) is 0 Å². The molecule has 1 heterocycles. The third kappa shape index (κ3) is 4.00. The highest BCUT2D eigenvalue weighted by Crippen LogP contribution is 2.59. The SMILES string of the molecule is CC(C)CC(C)(C(=O)O)P(=O)(O)CSc1ccc2ccccc2n1. The van der Waals surface area contributed by atoms with E-state index in [1.807, 2.05) is 44.2 Å². The standard InChI is InChI=1S/C17H22NO4PS/c1-12(2)10-17(3,16(19)20)23(21,22)11-24-15-9-8-13-6-4-5-7-14(13)18-15/h4-9,12H,10-11H2,1-3H3,(H,19,20)(H,21,22). The molecule has 0 saturated carbocycles. The molecule has 2 unspecified atom stereocenters. The first-order chi connectivity index (χ1) is 11.2. The molecule has 5 nitrogen and oxygen atoms in total. The van der Waals surface area contributed by atoms with Crippen LogP contribution in [0.5, 0.6) is 0 Å². The first-order valence-electron chi connectivity index (χ1n) is 7.69. The minimum Gasteiger partial charge on any atom is -0.480 e. The molecule has 0 amide bonds. The van der Waals surface area contributed by atoms with E-state index in [4.69, 9.17) is 0 Å². The topological polar surface area (TPSA) is 87.5 Å². The third-order valence-corrected chi connectivity index (χ3v) is 8.35. The predicted molar refractivity (Wildman–Crippen MR) is 97.8 cm³/mol. The number of carboxylic acid groups (broad SMARTS) is 1. The number of benzene rings is 1. The summed E-state index contributed by atoms with van der Waals surface area (Å²) in [5, 5.41) is 9.45. The number of aliphatic carboxylic acids is 1. The molecule has 0 fully saturated rings. The molecule has 0 aliphatic heterocycles. The van der Waals surface area contributed by atoms with Gasteiger partial charge in [-0.15, -0.1) is 0 Å². The zero-order valence-electron chi connectivity index (χ0n) is 14.0. The number of hydrogen-bond donors (Lipinski definition) is 2. The van der Waals surface area contributed by atoms with Crippen molar-refractivity contribution < 1.29 is 19.4 Å². The number of pyridine rings is 1. The van der Waals surface area contributed by atoms with Crippen LogP contribution in [0.4, 0.5) is 0 Å². The molecular formula is C17H22NO4PS. The van der Waals surface area contributed by atoms with E-state index >= 15 is 0 Å². The van der Waals surface area contributed by atoms with Crippen LogP contribution in [0, 0.1) is 5.92 Å². The number of para-hydroxylation sites is 1. The summed E-state index contributed by atoms with van der Waals surface area (Å²) in [5.74, 6) is -1.22. The molecule has 1 aromatic carbocycles. The number of rotatable bonds is 7. The summed E-state index contributed by atoms with van der Waals surface area (Å²) in [6, 6.07) is 11.3. The van der Waals surface area contributed by atoms with Crippen LogP contribution >= 0.6 is 19.1 Å². The lowest BCUT2D eigenvalue weighted by Crippen LogP contribution is -2.37. The maximum absolute atomic E-state index is 12.8. The van der Waals surface area contributed by atoms with Crippen LogP contribution in [0.3, 0.4) is 0 Å². The Balaban J connectivity index is 2.20. The van der Waals surface area contributed by atoms with E-state index < -0.39 is 18.5 Å². The fourth-order valence-electron chi connectivity index (χ4n) is 2.60. The smallest absolute Gasteiger partial charge is 0.319 e. The Labute approximate surface area is 146 Å². The van der Waals surface area contributed by atoms with E-state index in [2.05, 4.69) is 4.98 Å². The van der Waals surface area contributed by atoms with E-state index in [1.54, 1.807) is 6.07 Å². The van der Waals surface area contributed by atoms with Crippen molar-refractivity contribution in [3.8, 4) is 0 Å². The van der Waals surface area contributed by atoms with Crippen LogP contribution in [-0.2, 0) is 9.36 Å². The van der Waals surface area contributed by atoms with Crippen molar-refractivity contribution in [3.63, 3.8) is 0 Å². The lowest BCUT2D eigenvalue weighted by Gasteiger charge is -2.31. The van der Waals surface area contributed by atoms with Crippen molar-refractivity contribution in [2.75, 3.05) is 5.49 Å². The van der Waals surface area contributed by atoms with Gasteiger partial charge in [0.2, 0.25) is 7.37 Å². The molecule has 0 bridgehead atoms. The molecule has 2 aromatic rings. The molecule has 24 heavy (non-hydrogen) atoms. The van der Waals surface area contributed by atoms with E-state index in [9.17, 15) is 19.4 Å². The van der Waals surface area contributed by atoms with Crippen LogP contribution in [0.2, 0.25) is 0 Å². The minimum absolute atomic E-state index is 0.00960. The Morgan fingerprint density at radius 1 is 1.29 bits per heavy atom. The molecule has 2 atom stereocenters. The molecule has 7 heteroatoms. The second-order valence-corrected chi connectivity index (χ2v) is 10.6.